The van der Waals surface area contributed by atoms with Gasteiger partial charge in [0.15, 0.2) is 0 Å². The molecule has 0 saturated carbocycles. The maximum atomic E-state index is 12.3. The van der Waals surface area contributed by atoms with Crippen LogP contribution in [0.4, 0.5) is 0 Å². The molecule has 1 aliphatic rings. The molecule has 126 valence electrons. The van der Waals surface area contributed by atoms with Gasteiger partial charge in [-0.25, -0.2) is 4.79 Å². The number of aliphatic carboxylic acids is 1. The Labute approximate surface area is 131 Å². The summed E-state index contributed by atoms with van der Waals surface area (Å²) >= 11 is 0. The van der Waals surface area contributed by atoms with Crippen LogP contribution in [0.15, 0.2) is 0 Å². The Morgan fingerprint density at radius 3 is 2.55 bits per heavy atom. The molecular weight excluding hydrogens is 288 g/mol. The summed E-state index contributed by atoms with van der Waals surface area (Å²) in [6, 6.07) is -0.912. The van der Waals surface area contributed by atoms with Gasteiger partial charge in [-0.15, -0.1) is 0 Å². The van der Waals surface area contributed by atoms with E-state index in [0.717, 1.165) is 12.8 Å². The molecule has 3 unspecified atom stereocenters. The molecule has 22 heavy (non-hydrogen) atoms. The van der Waals surface area contributed by atoms with Crippen molar-refractivity contribution in [2.75, 3.05) is 13.1 Å². The molecule has 3 atom stereocenters. The van der Waals surface area contributed by atoms with Gasteiger partial charge in [-0.1, -0.05) is 0 Å². The van der Waals surface area contributed by atoms with Gasteiger partial charge in [-0.3, -0.25) is 9.59 Å². The van der Waals surface area contributed by atoms with E-state index in [1.165, 1.54) is 18.7 Å². The van der Waals surface area contributed by atoms with E-state index < -0.39 is 12.0 Å². The number of hydrogen-bond donors (Lipinski definition) is 2. The first-order valence-corrected chi connectivity index (χ1v) is 7.73. The summed E-state index contributed by atoms with van der Waals surface area (Å²) in [6.45, 7) is 5.30. The number of carbonyl (C=O) groups excluding carboxylic acids is 2. The normalized spacial score (nSPS) is 22.1. The maximum Gasteiger partial charge on any atom is 0.326 e. The van der Waals surface area contributed by atoms with Gasteiger partial charge in [0, 0.05) is 26.4 Å². The zero-order valence-electron chi connectivity index (χ0n) is 13.5. The van der Waals surface area contributed by atoms with Gasteiger partial charge in [0.2, 0.25) is 11.8 Å². The topological polar surface area (TPSA) is 95.9 Å². The highest BCUT2D eigenvalue weighted by Gasteiger charge is 2.27. The molecule has 0 bridgehead atoms. The summed E-state index contributed by atoms with van der Waals surface area (Å²) in [7, 11) is 0. The molecule has 0 aromatic rings. The number of hydrogen-bond acceptors (Lipinski definition) is 4. The van der Waals surface area contributed by atoms with Crippen molar-refractivity contribution in [3.8, 4) is 0 Å². The smallest absolute Gasteiger partial charge is 0.326 e. The van der Waals surface area contributed by atoms with Crippen LogP contribution in [0.3, 0.4) is 0 Å². The molecule has 7 nitrogen and oxygen atoms in total. The van der Waals surface area contributed by atoms with E-state index >= 15 is 0 Å². The molecule has 2 amide bonds. The Kier molecular flexibility index (Phi) is 7.31. The van der Waals surface area contributed by atoms with Crippen LogP contribution < -0.4 is 5.32 Å². The lowest BCUT2D eigenvalue weighted by atomic mass is 10.1. The van der Waals surface area contributed by atoms with Crippen LogP contribution in [0, 0.1) is 0 Å². The molecule has 7 heteroatoms. The highest BCUT2D eigenvalue weighted by atomic mass is 16.5. The van der Waals surface area contributed by atoms with Gasteiger partial charge in [0.1, 0.15) is 6.04 Å². The first kappa shape index (κ1) is 18.4. The SMILES string of the molecule is CC(=O)NCCN(C(=O)CCC1CCC(C)O1)C(C)C(=O)O. The molecule has 1 saturated heterocycles. The average Bonchev–Trinajstić information content (AvgIpc) is 2.85. The number of ether oxygens (including phenoxy) is 1. The third-order valence-electron chi connectivity index (χ3n) is 3.87. The minimum Gasteiger partial charge on any atom is -0.480 e. The molecule has 0 aromatic heterocycles. The van der Waals surface area contributed by atoms with Gasteiger partial charge in [0.05, 0.1) is 12.2 Å². The van der Waals surface area contributed by atoms with Crippen molar-refractivity contribution in [3.63, 3.8) is 0 Å². The van der Waals surface area contributed by atoms with Crippen molar-refractivity contribution in [1.29, 1.82) is 0 Å². The first-order valence-electron chi connectivity index (χ1n) is 7.73. The zero-order chi connectivity index (χ0) is 16.7. The number of rotatable bonds is 8. The van der Waals surface area contributed by atoms with Crippen LogP contribution in [0.5, 0.6) is 0 Å². The summed E-state index contributed by atoms with van der Waals surface area (Å²) in [4.78, 5) is 35.6. The minimum absolute atomic E-state index is 0.0799. The van der Waals surface area contributed by atoms with Gasteiger partial charge in [-0.2, -0.15) is 0 Å². The lowest BCUT2D eigenvalue weighted by Gasteiger charge is -2.27. The predicted molar refractivity (Wildman–Crippen MR) is 80.3 cm³/mol. The largest absolute Gasteiger partial charge is 0.480 e. The standard InChI is InChI=1S/C15H26N2O5/c1-10-4-5-13(22-10)6-7-14(19)17(11(2)15(20)21)9-8-16-12(3)18/h10-11,13H,4-9H2,1-3H3,(H,16,18)(H,20,21). The minimum atomic E-state index is -1.05. The Bertz CT molecular complexity index is 413. The molecule has 1 rings (SSSR count). The lowest BCUT2D eigenvalue weighted by molar-refractivity contribution is -0.149. The number of carboxylic acid groups (broad SMARTS) is 1. The van der Waals surface area contributed by atoms with Crippen molar-refractivity contribution in [3.05, 3.63) is 0 Å². The number of nitrogens with zero attached hydrogens (tertiary/aromatic N) is 1. The predicted octanol–water partition coefficient (Wildman–Crippen LogP) is 0.772. The van der Waals surface area contributed by atoms with Crippen LogP contribution in [0.25, 0.3) is 0 Å². The molecule has 1 aliphatic heterocycles. The van der Waals surface area contributed by atoms with Gasteiger partial charge < -0.3 is 20.1 Å². The summed E-state index contributed by atoms with van der Waals surface area (Å²) in [5, 5.41) is 11.7. The van der Waals surface area contributed by atoms with Crippen molar-refractivity contribution < 1.29 is 24.2 Å². The fourth-order valence-corrected chi connectivity index (χ4v) is 2.55. The number of nitrogens with one attached hydrogen (secondary N) is 1. The molecule has 0 spiro atoms. The number of carboxylic acids is 1. The third-order valence-corrected chi connectivity index (χ3v) is 3.87. The highest BCUT2D eigenvalue weighted by molar-refractivity contribution is 5.83. The second-order valence-electron chi connectivity index (χ2n) is 5.77. The molecule has 0 aromatic carbocycles. The fraction of sp³-hybridized carbons (Fsp3) is 0.800. The molecule has 0 radical (unpaired) electrons. The van der Waals surface area contributed by atoms with Crippen LogP contribution in [0.2, 0.25) is 0 Å². The highest BCUT2D eigenvalue weighted by Crippen LogP contribution is 2.23. The summed E-state index contributed by atoms with van der Waals surface area (Å²) < 4.78 is 5.67. The Hall–Kier alpha value is -1.63. The maximum absolute atomic E-state index is 12.3. The van der Waals surface area contributed by atoms with Gasteiger partial charge >= 0.3 is 5.97 Å². The van der Waals surface area contributed by atoms with Crippen molar-refractivity contribution in [2.45, 2.75) is 64.7 Å². The molecule has 0 aliphatic carbocycles. The molecule has 2 N–H and O–H groups in total. The summed E-state index contributed by atoms with van der Waals surface area (Å²) in [5.74, 6) is -1.48. The summed E-state index contributed by atoms with van der Waals surface area (Å²) in [6.07, 6.45) is 3.11. The van der Waals surface area contributed by atoms with Crippen LogP contribution >= 0.6 is 0 Å². The number of amides is 2. The average molecular weight is 314 g/mol. The Morgan fingerprint density at radius 1 is 1.36 bits per heavy atom. The monoisotopic (exact) mass is 314 g/mol. The van der Waals surface area contributed by atoms with E-state index in [-0.39, 0.29) is 43.5 Å². The van der Waals surface area contributed by atoms with Crippen LogP contribution in [-0.2, 0) is 19.1 Å². The van der Waals surface area contributed by atoms with E-state index in [4.69, 9.17) is 9.84 Å². The lowest BCUT2D eigenvalue weighted by Crippen LogP contribution is -2.46. The van der Waals surface area contributed by atoms with Gasteiger partial charge in [-0.05, 0) is 33.1 Å². The fourth-order valence-electron chi connectivity index (χ4n) is 2.55. The molecule has 1 fully saturated rings. The zero-order valence-corrected chi connectivity index (χ0v) is 13.5. The Balaban J connectivity index is 2.50. The summed E-state index contributed by atoms with van der Waals surface area (Å²) in [5.41, 5.74) is 0. The Morgan fingerprint density at radius 2 is 2.05 bits per heavy atom. The van der Waals surface area contributed by atoms with E-state index in [1.54, 1.807) is 0 Å². The first-order chi connectivity index (χ1) is 10.3. The van der Waals surface area contributed by atoms with Gasteiger partial charge in [0.25, 0.3) is 0 Å². The van der Waals surface area contributed by atoms with Crippen molar-refractivity contribution >= 4 is 17.8 Å². The second-order valence-corrected chi connectivity index (χ2v) is 5.77. The quantitative estimate of drug-likeness (QED) is 0.690. The third kappa shape index (κ3) is 6.01. The van der Waals surface area contributed by atoms with Crippen LogP contribution in [-0.4, -0.2) is 59.1 Å². The van der Waals surface area contributed by atoms with E-state index in [0.29, 0.717) is 6.42 Å². The van der Waals surface area contributed by atoms with E-state index in [2.05, 4.69) is 5.32 Å². The molecule has 1 heterocycles. The van der Waals surface area contributed by atoms with E-state index in [1.807, 2.05) is 6.92 Å². The number of carbonyl (C=O) groups is 3. The van der Waals surface area contributed by atoms with E-state index in [9.17, 15) is 14.4 Å². The van der Waals surface area contributed by atoms with Crippen molar-refractivity contribution in [1.82, 2.24) is 10.2 Å². The van der Waals surface area contributed by atoms with Crippen molar-refractivity contribution in [2.24, 2.45) is 0 Å². The second kappa shape index (κ2) is 8.73. The van der Waals surface area contributed by atoms with Crippen LogP contribution in [0.1, 0.15) is 46.5 Å². The molecular formula is C15H26N2O5.